The van der Waals surface area contributed by atoms with Crippen molar-refractivity contribution in [1.29, 1.82) is 0 Å². The summed E-state index contributed by atoms with van der Waals surface area (Å²) >= 11 is 6.06. The third-order valence-corrected chi connectivity index (χ3v) is 3.10. The Morgan fingerprint density at radius 2 is 2.11 bits per heavy atom. The third kappa shape index (κ3) is 1.96. The van der Waals surface area contributed by atoms with Gasteiger partial charge < -0.3 is 9.52 Å². The first-order chi connectivity index (χ1) is 9.16. The van der Waals surface area contributed by atoms with Crippen molar-refractivity contribution in [3.63, 3.8) is 0 Å². The van der Waals surface area contributed by atoms with Gasteiger partial charge in [-0.25, -0.2) is 9.78 Å². The van der Waals surface area contributed by atoms with Crippen LogP contribution >= 0.6 is 11.6 Å². The summed E-state index contributed by atoms with van der Waals surface area (Å²) in [7, 11) is 0. The number of pyridine rings is 1. The molecule has 3 rings (SSSR count). The molecular weight excluding hydrogens is 266 g/mol. The number of nitrogens with zero attached hydrogens (tertiary/aromatic N) is 1. The number of carbonyl (C=O) groups is 1. The van der Waals surface area contributed by atoms with E-state index in [1.807, 2.05) is 0 Å². The molecular formula is C14H8ClNO3. The molecule has 0 amide bonds. The Bertz CT molecular complexity index is 766. The highest BCUT2D eigenvalue weighted by Crippen LogP contribution is 2.29. The summed E-state index contributed by atoms with van der Waals surface area (Å²) in [5, 5.41) is 10.1. The van der Waals surface area contributed by atoms with Crippen molar-refractivity contribution in [2.75, 3.05) is 0 Å². The highest BCUT2D eigenvalue weighted by atomic mass is 35.5. The second-order valence-electron chi connectivity index (χ2n) is 3.97. The summed E-state index contributed by atoms with van der Waals surface area (Å²) in [6.45, 7) is 0. The average Bonchev–Trinajstić information content (AvgIpc) is 2.91. The van der Waals surface area contributed by atoms with Crippen LogP contribution in [0.25, 0.3) is 22.4 Å². The Labute approximate surface area is 113 Å². The van der Waals surface area contributed by atoms with Crippen molar-refractivity contribution in [3.05, 3.63) is 53.2 Å². The number of rotatable bonds is 2. The molecule has 4 nitrogen and oxygen atoms in total. The SMILES string of the molecule is O=C(O)c1cc(-c2ccco2)nc2cccc(Cl)c12. The van der Waals surface area contributed by atoms with E-state index in [1.165, 1.54) is 12.3 Å². The monoisotopic (exact) mass is 273 g/mol. The Kier molecular flexibility index (Phi) is 2.72. The minimum absolute atomic E-state index is 0.113. The van der Waals surface area contributed by atoms with E-state index < -0.39 is 5.97 Å². The average molecular weight is 274 g/mol. The van der Waals surface area contributed by atoms with Crippen LogP contribution in [-0.4, -0.2) is 16.1 Å². The van der Waals surface area contributed by atoms with Crippen molar-refractivity contribution in [3.8, 4) is 11.5 Å². The number of aromatic nitrogens is 1. The first-order valence-corrected chi connectivity index (χ1v) is 5.91. The zero-order chi connectivity index (χ0) is 13.4. The van der Waals surface area contributed by atoms with Crippen LogP contribution in [0.2, 0.25) is 5.02 Å². The van der Waals surface area contributed by atoms with Crippen LogP contribution in [0.15, 0.2) is 47.1 Å². The van der Waals surface area contributed by atoms with Crippen LogP contribution in [-0.2, 0) is 0 Å². The lowest BCUT2D eigenvalue weighted by Crippen LogP contribution is -2.00. The molecule has 2 heterocycles. The van der Waals surface area contributed by atoms with Crippen LogP contribution in [0.5, 0.6) is 0 Å². The second kappa shape index (κ2) is 4.40. The van der Waals surface area contributed by atoms with E-state index in [9.17, 15) is 9.90 Å². The van der Waals surface area contributed by atoms with Gasteiger partial charge in [0.2, 0.25) is 0 Å². The molecule has 94 valence electrons. The van der Waals surface area contributed by atoms with Crippen molar-refractivity contribution in [2.24, 2.45) is 0 Å². The van der Waals surface area contributed by atoms with Crippen molar-refractivity contribution in [2.45, 2.75) is 0 Å². The predicted molar refractivity (Wildman–Crippen MR) is 71.4 cm³/mol. The molecule has 1 N–H and O–H groups in total. The molecule has 3 aromatic rings. The lowest BCUT2D eigenvalue weighted by molar-refractivity contribution is 0.0699. The number of fused-ring (bicyclic) bond motifs is 1. The van der Waals surface area contributed by atoms with Crippen LogP contribution in [0.3, 0.4) is 0 Å². The van der Waals surface area contributed by atoms with E-state index in [0.717, 1.165) is 0 Å². The van der Waals surface area contributed by atoms with Gasteiger partial charge in [0.1, 0.15) is 5.69 Å². The Hall–Kier alpha value is -2.33. The van der Waals surface area contributed by atoms with Gasteiger partial charge in [-0.05, 0) is 30.3 Å². The Morgan fingerprint density at radius 1 is 1.26 bits per heavy atom. The molecule has 0 aliphatic heterocycles. The predicted octanol–water partition coefficient (Wildman–Crippen LogP) is 3.85. The lowest BCUT2D eigenvalue weighted by atomic mass is 10.1. The van der Waals surface area contributed by atoms with Gasteiger partial charge in [0.25, 0.3) is 0 Å². The number of carboxylic acids is 1. The fraction of sp³-hybridized carbons (Fsp3) is 0. The number of aromatic carboxylic acids is 1. The molecule has 5 heteroatoms. The maximum atomic E-state index is 11.4. The van der Waals surface area contributed by atoms with E-state index in [4.69, 9.17) is 16.0 Å². The largest absolute Gasteiger partial charge is 0.478 e. The zero-order valence-electron chi connectivity index (χ0n) is 9.63. The molecule has 0 spiro atoms. The fourth-order valence-electron chi connectivity index (χ4n) is 1.96. The maximum absolute atomic E-state index is 11.4. The number of carboxylic acid groups (broad SMARTS) is 1. The lowest BCUT2D eigenvalue weighted by Gasteiger charge is -2.06. The molecule has 0 bridgehead atoms. The summed E-state index contributed by atoms with van der Waals surface area (Å²) < 4.78 is 5.25. The van der Waals surface area contributed by atoms with Crippen LogP contribution < -0.4 is 0 Å². The van der Waals surface area contributed by atoms with E-state index in [2.05, 4.69) is 4.98 Å². The fourth-order valence-corrected chi connectivity index (χ4v) is 2.23. The highest BCUT2D eigenvalue weighted by Gasteiger charge is 2.16. The van der Waals surface area contributed by atoms with Crippen molar-refractivity contribution >= 4 is 28.5 Å². The second-order valence-corrected chi connectivity index (χ2v) is 4.38. The molecule has 1 aromatic carbocycles. The summed E-state index contributed by atoms with van der Waals surface area (Å²) in [4.78, 5) is 15.8. The Morgan fingerprint density at radius 3 is 2.79 bits per heavy atom. The first kappa shape index (κ1) is 11.7. The molecule has 2 aromatic heterocycles. The van der Waals surface area contributed by atoms with Crippen LogP contribution in [0.1, 0.15) is 10.4 Å². The summed E-state index contributed by atoms with van der Waals surface area (Å²) in [6.07, 6.45) is 1.51. The van der Waals surface area contributed by atoms with Gasteiger partial charge in [-0.3, -0.25) is 0 Å². The van der Waals surface area contributed by atoms with Crippen molar-refractivity contribution in [1.82, 2.24) is 4.98 Å². The molecule has 0 radical (unpaired) electrons. The summed E-state index contributed by atoms with van der Waals surface area (Å²) in [6, 6.07) is 10.0. The summed E-state index contributed by atoms with van der Waals surface area (Å²) in [5.41, 5.74) is 1.11. The van der Waals surface area contributed by atoms with Crippen molar-refractivity contribution < 1.29 is 14.3 Å². The molecule has 0 aliphatic carbocycles. The standard InChI is InChI=1S/C14H8ClNO3/c15-9-3-1-4-10-13(9)8(14(17)18)7-11(16-10)12-5-2-6-19-12/h1-7H,(H,17,18). The van der Waals surface area contributed by atoms with Gasteiger partial charge in [-0.2, -0.15) is 0 Å². The minimum Gasteiger partial charge on any atom is -0.478 e. The number of hydrogen-bond acceptors (Lipinski definition) is 3. The van der Waals surface area contributed by atoms with E-state index in [-0.39, 0.29) is 5.56 Å². The Balaban J connectivity index is 2.38. The smallest absolute Gasteiger partial charge is 0.336 e. The zero-order valence-corrected chi connectivity index (χ0v) is 10.4. The van der Waals surface area contributed by atoms with E-state index >= 15 is 0 Å². The van der Waals surface area contributed by atoms with Gasteiger partial charge >= 0.3 is 5.97 Å². The highest BCUT2D eigenvalue weighted by molar-refractivity contribution is 6.36. The molecule has 0 saturated carbocycles. The maximum Gasteiger partial charge on any atom is 0.336 e. The molecule has 0 aliphatic rings. The van der Waals surface area contributed by atoms with Gasteiger partial charge in [-0.1, -0.05) is 17.7 Å². The minimum atomic E-state index is -1.05. The van der Waals surface area contributed by atoms with Crippen LogP contribution in [0, 0.1) is 0 Å². The van der Waals surface area contributed by atoms with Crippen LogP contribution in [0.4, 0.5) is 0 Å². The molecule has 0 fully saturated rings. The van der Waals surface area contributed by atoms with Gasteiger partial charge in [-0.15, -0.1) is 0 Å². The number of benzene rings is 1. The third-order valence-electron chi connectivity index (χ3n) is 2.79. The van der Waals surface area contributed by atoms with E-state index in [1.54, 1.807) is 30.3 Å². The normalized spacial score (nSPS) is 10.8. The number of furan rings is 1. The molecule has 19 heavy (non-hydrogen) atoms. The number of halogens is 1. The first-order valence-electron chi connectivity index (χ1n) is 5.53. The molecule has 0 atom stereocenters. The molecule has 0 unspecified atom stereocenters. The van der Waals surface area contributed by atoms with E-state index in [0.29, 0.717) is 27.4 Å². The molecule has 0 saturated heterocycles. The van der Waals surface area contributed by atoms with Gasteiger partial charge in [0.05, 0.1) is 22.4 Å². The summed E-state index contributed by atoms with van der Waals surface area (Å²) in [5.74, 6) is -0.530. The number of hydrogen-bond donors (Lipinski definition) is 1. The van der Waals surface area contributed by atoms with Gasteiger partial charge in [0.15, 0.2) is 5.76 Å². The topological polar surface area (TPSA) is 63.3 Å². The quantitative estimate of drug-likeness (QED) is 0.770. The van der Waals surface area contributed by atoms with Gasteiger partial charge in [0, 0.05) is 5.39 Å².